The van der Waals surface area contributed by atoms with Crippen molar-refractivity contribution in [2.75, 3.05) is 12.3 Å². The van der Waals surface area contributed by atoms with Crippen LogP contribution in [0.5, 0.6) is 5.75 Å². The molecule has 2 N–H and O–H groups in total. The molecular formula is C11H12ClN3O. The Morgan fingerprint density at radius 2 is 2.31 bits per heavy atom. The molecule has 0 aliphatic carbocycles. The number of halogens is 1. The van der Waals surface area contributed by atoms with Crippen molar-refractivity contribution in [2.24, 2.45) is 0 Å². The average molecular weight is 238 g/mol. The standard InChI is InChI=1S/C11H12ClN3O/c12-10-8-9(13)2-3-11(10)16-7-6-15-5-1-4-14-15/h1-5,8H,6-7,13H2. The highest BCUT2D eigenvalue weighted by molar-refractivity contribution is 6.32. The van der Waals surface area contributed by atoms with Crippen LogP contribution in [-0.2, 0) is 6.54 Å². The molecule has 2 aromatic rings. The zero-order chi connectivity index (χ0) is 11.4. The van der Waals surface area contributed by atoms with E-state index in [1.165, 1.54) is 0 Å². The van der Waals surface area contributed by atoms with Gasteiger partial charge in [0, 0.05) is 18.1 Å². The molecule has 0 amide bonds. The third-order valence-corrected chi connectivity index (χ3v) is 2.39. The Bertz CT molecular complexity index is 456. The molecule has 0 saturated carbocycles. The molecule has 0 aliphatic rings. The van der Waals surface area contributed by atoms with Gasteiger partial charge in [0.15, 0.2) is 0 Å². The number of nitrogens with two attached hydrogens (primary N) is 1. The summed E-state index contributed by atoms with van der Waals surface area (Å²) in [5.74, 6) is 0.642. The average Bonchev–Trinajstić information content (AvgIpc) is 2.74. The van der Waals surface area contributed by atoms with Crippen LogP contribution in [0.3, 0.4) is 0 Å². The molecule has 16 heavy (non-hydrogen) atoms. The van der Waals surface area contributed by atoms with Gasteiger partial charge >= 0.3 is 0 Å². The topological polar surface area (TPSA) is 53.1 Å². The van der Waals surface area contributed by atoms with Crippen LogP contribution in [0.1, 0.15) is 0 Å². The van der Waals surface area contributed by atoms with Gasteiger partial charge < -0.3 is 10.5 Å². The monoisotopic (exact) mass is 237 g/mol. The number of ether oxygens (including phenoxy) is 1. The number of aromatic nitrogens is 2. The molecule has 0 bridgehead atoms. The fraction of sp³-hybridized carbons (Fsp3) is 0.182. The maximum Gasteiger partial charge on any atom is 0.138 e. The number of benzene rings is 1. The molecule has 4 nitrogen and oxygen atoms in total. The molecule has 5 heteroatoms. The van der Waals surface area contributed by atoms with Crippen LogP contribution in [0.2, 0.25) is 5.02 Å². The Morgan fingerprint density at radius 3 is 3.00 bits per heavy atom. The van der Waals surface area contributed by atoms with Crippen molar-refractivity contribution in [2.45, 2.75) is 6.54 Å². The van der Waals surface area contributed by atoms with E-state index in [-0.39, 0.29) is 0 Å². The predicted molar refractivity (Wildman–Crippen MR) is 63.6 cm³/mol. The first kappa shape index (κ1) is 10.8. The molecule has 1 heterocycles. The lowest BCUT2D eigenvalue weighted by Crippen LogP contribution is -2.08. The Hall–Kier alpha value is -1.68. The van der Waals surface area contributed by atoms with Gasteiger partial charge in [-0.25, -0.2) is 0 Å². The van der Waals surface area contributed by atoms with Crippen molar-refractivity contribution in [1.82, 2.24) is 9.78 Å². The van der Waals surface area contributed by atoms with Crippen molar-refractivity contribution < 1.29 is 4.74 Å². The fourth-order valence-corrected chi connectivity index (χ4v) is 1.56. The van der Waals surface area contributed by atoms with E-state index in [2.05, 4.69) is 5.10 Å². The third kappa shape index (κ3) is 2.67. The van der Waals surface area contributed by atoms with Gasteiger partial charge in [0.2, 0.25) is 0 Å². The van der Waals surface area contributed by atoms with Crippen molar-refractivity contribution in [3.05, 3.63) is 41.7 Å². The van der Waals surface area contributed by atoms with Crippen molar-refractivity contribution >= 4 is 17.3 Å². The summed E-state index contributed by atoms with van der Waals surface area (Å²) in [6.07, 6.45) is 3.62. The second kappa shape index (κ2) is 4.90. The molecule has 84 valence electrons. The fourth-order valence-electron chi connectivity index (χ4n) is 1.32. The minimum Gasteiger partial charge on any atom is -0.490 e. The molecule has 0 aliphatic heterocycles. The first-order chi connectivity index (χ1) is 7.75. The number of nitrogens with zero attached hydrogens (tertiary/aromatic N) is 2. The molecule has 0 radical (unpaired) electrons. The summed E-state index contributed by atoms with van der Waals surface area (Å²) in [7, 11) is 0. The summed E-state index contributed by atoms with van der Waals surface area (Å²) in [6, 6.07) is 7.07. The van der Waals surface area contributed by atoms with Gasteiger partial charge in [0.05, 0.1) is 11.6 Å². The van der Waals surface area contributed by atoms with Gasteiger partial charge in [-0.1, -0.05) is 11.6 Å². The van der Waals surface area contributed by atoms with E-state index in [1.807, 2.05) is 12.3 Å². The summed E-state index contributed by atoms with van der Waals surface area (Å²) in [4.78, 5) is 0. The second-order valence-corrected chi connectivity index (χ2v) is 3.71. The van der Waals surface area contributed by atoms with Gasteiger partial charge in [0.25, 0.3) is 0 Å². The van der Waals surface area contributed by atoms with Crippen LogP contribution in [0.25, 0.3) is 0 Å². The quantitative estimate of drug-likeness (QED) is 0.830. The lowest BCUT2D eigenvalue weighted by molar-refractivity contribution is 0.291. The molecule has 0 saturated heterocycles. The van der Waals surface area contributed by atoms with E-state index < -0.39 is 0 Å². The molecule has 0 unspecified atom stereocenters. The smallest absolute Gasteiger partial charge is 0.138 e. The summed E-state index contributed by atoms with van der Waals surface area (Å²) in [6.45, 7) is 1.21. The Kier molecular flexibility index (Phi) is 3.31. The maximum absolute atomic E-state index is 5.96. The van der Waals surface area contributed by atoms with E-state index >= 15 is 0 Å². The highest BCUT2D eigenvalue weighted by Crippen LogP contribution is 2.26. The summed E-state index contributed by atoms with van der Waals surface area (Å²) in [5.41, 5.74) is 6.21. The number of nitrogen functional groups attached to an aromatic ring is 1. The number of hydrogen-bond donors (Lipinski definition) is 1. The van der Waals surface area contributed by atoms with E-state index in [0.29, 0.717) is 29.6 Å². The third-order valence-electron chi connectivity index (χ3n) is 2.09. The maximum atomic E-state index is 5.96. The van der Waals surface area contributed by atoms with Crippen LogP contribution in [0.15, 0.2) is 36.7 Å². The predicted octanol–water partition coefficient (Wildman–Crippen LogP) is 2.20. The zero-order valence-corrected chi connectivity index (χ0v) is 9.39. The number of hydrogen-bond acceptors (Lipinski definition) is 3. The SMILES string of the molecule is Nc1ccc(OCCn2cccn2)c(Cl)c1. The largest absolute Gasteiger partial charge is 0.490 e. The van der Waals surface area contributed by atoms with Crippen LogP contribution in [0, 0.1) is 0 Å². The minimum absolute atomic E-state index is 0.519. The zero-order valence-electron chi connectivity index (χ0n) is 8.64. The summed E-state index contributed by atoms with van der Waals surface area (Å²) >= 11 is 5.96. The molecule has 0 fully saturated rings. The van der Waals surface area contributed by atoms with Gasteiger partial charge in [-0.15, -0.1) is 0 Å². The highest BCUT2D eigenvalue weighted by Gasteiger charge is 2.01. The van der Waals surface area contributed by atoms with Crippen LogP contribution in [0.4, 0.5) is 5.69 Å². The minimum atomic E-state index is 0.519. The Morgan fingerprint density at radius 1 is 1.44 bits per heavy atom. The normalized spacial score (nSPS) is 10.3. The molecule has 0 atom stereocenters. The molecule has 1 aromatic carbocycles. The van der Waals surface area contributed by atoms with Crippen LogP contribution < -0.4 is 10.5 Å². The van der Waals surface area contributed by atoms with Crippen molar-refractivity contribution in [3.63, 3.8) is 0 Å². The lowest BCUT2D eigenvalue weighted by atomic mass is 10.3. The number of rotatable bonds is 4. The molecule has 0 spiro atoms. The van der Waals surface area contributed by atoms with Crippen molar-refractivity contribution in [3.8, 4) is 5.75 Å². The van der Waals surface area contributed by atoms with Gasteiger partial charge in [-0.2, -0.15) is 5.10 Å². The summed E-state index contributed by atoms with van der Waals surface area (Å²) in [5, 5.41) is 4.60. The summed E-state index contributed by atoms with van der Waals surface area (Å²) < 4.78 is 7.31. The molecule has 1 aromatic heterocycles. The Balaban J connectivity index is 1.90. The first-order valence-electron chi connectivity index (χ1n) is 4.91. The van der Waals surface area contributed by atoms with Gasteiger partial charge in [0.1, 0.15) is 12.4 Å². The van der Waals surface area contributed by atoms with Gasteiger partial charge in [-0.3, -0.25) is 4.68 Å². The lowest BCUT2D eigenvalue weighted by Gasteiger charge is -2.08. The number of anilines is 1. The van der Waals surface area contributed by atoms with Crippen molar-refractivity contribution in [1.29, 1.82) is 0 Å². The Labute approximate surface area is 98.6 Å². The van der Waals surface area contributed by atoms with E-state index in [4.69, 9.17) is 22.1 Å². The van der Waals surface area contributed by atoms with E-state index in [0.717, 1.165) is 0 Å². The van der Waals surface area contributed by atoms with Gasteiger partial charge in [-0.05, 0) is 24.3 Å². The first-order valence-corrected chi connectivity index (χ1v) is 5.29. The van der Waals surface area contributed by atoms with Crippen LogP contribution in [-0.4, -0.2) is 16.4 Å². The molecule has 2 rings (SSSR count). The van der Waals surface area contributed by atoms with E-state index in [1.54, 1.807) is 29.1 Å². The van der Waals surface area contributed by atoms with Crippen LogP contribution >= 0.6 is 11.6 Å². The molecular weight excluding hydrogens is 226 g/mol. The van der Waals surface area contributed by atoms with E-state index in [9.17, 15) is 0 Å². The highest BCUT2D eigenvalue weighted by atomic mass is 35.5. The second-order valence-electron chi connectivity index (χ2n) is 3.31.